The molecule has 0 N–H and O–H groups in total. The topological polar surface area (TPSA) is 50.1 Å². The minimum atomic E-state index is -0.346. The molecule has 4 heteroatoms. The number of methoxy groups -OCH3 is 1. The van der Waals surface area contributed by atoms with Crippen LogP contribution in [0.15, 0.2) is 12.1 Å². The van der Waals surface area contributed by atoms with Gasteiger partial charge in [0.1, 0.15) is 0 Å². The van der Waals surface area contributed by atoms with Crippen LogP contribution in [-0.2, 0) is 16.0 Å². The summed E-state index contributed by atoms with van der Waals surface area (Å²) in [5.41, 5.74) is 1.90. The maximum absolute atomic E-state index is 11.1. The lowest BCUT2D eigenvalue weighted by Gasteiger charge is -2.06. The molecular formula is C11H10ClNO2. The molecule has 0 aliphatic rings. The minimum Gasteiger partial charge on any atom is -0.469 e. The van der Waals surface area contributed by atoms with E-state index in [0.29, 0.717) is 21.7 Å². The van der Waals surface area contributed by atoms with Gasteiger partial charge >= 0.3 is 5.97 Å². The predicted octanol–water partition coefficient (Wildman–Crippen LogP) is 2.24. The molecule has 0 aliphatic carbocycles. The van der Waals surface area contributed by atoms with Gasteiger partial charge in [-0.05, 0) is 24.1 Å². The molecule has 1 aromatic rings. The number of rotatable bonds is 2. The second-order valence-corrected chi connectivity index (χ2v) is 3.45. The van der Waals surface area contributed by atoms with Crippen LogP contribution in [0.3, 0.4) is 0 Å². The first-order chi connectivity index (χ1) is 7.10. The summed E-state index contributed by atoms with van der Waals surface area (Å²) in [6, 6.07) is 5.35. The smallest absolute Gasteiger partial charge is 0.310 e. The number of nitrogens with zero attached hydrogens (tertiary/aromatic N) is 1. The maximum Gasteiger partial charge on any atom is 0.310 e. The molecule has 0 spiro atoms. The summed E-state index contributed by atoms with van der Waals surface area (Å²) in [6.45, 7) is 1.75. The van der Waals surface area contributed by atoms with E-state index in [1.165, 1.54) is 7.11 Å². The van der Waals surface area contributed by atoms with Crippen LogP contribution in [0.25, 0.3) is 0 Å². The summed E-state index contributed by atoms with van der Waals surface area (Å²) in [5, 5.41) is 9.22. The average Bonchev–Trinajstić information content (AvgIpc) is 2.25. The summed E-state index contributed by atoms with van der Waals surface area (Å²) in [7, 11) is 1.33. The van der Waals surface area contributed by atoms with E-state index in [2.05, 4.69) is 4.74 Å². The quantitative estimate of drug-likeness (QED) is 0.723. The highest BCUT2D eigenvalue weighted by atomic mass is 35.5. The van der Waals surface area contributed by atoms with E-state index in [-0.39, 0.29) is 12.4 Å². The van der Waals surface area contributed by atoms with Crippen LogP contribution >= 0.6 is 11.6 Å². The van der Waals surface area contributed by atoms with Crippen LogP contribution in [0.1, 0.15) is 16.7 Å². The lowest BCUT2D eigenvalue weighted by molar-refractivity contribution is -0.139. The first-order valence-electron chi connectivity index (χ1n) is 4.35. The first-order valence-corrected chi connectivity index (χ1v) is 4.72. The van der Waals surface area contributed by atoms with Crippen molar-refractivity contribution in [1.29, 1.82) is 5.26 Å². The Balaban J connectivity index is 3.08. The van der Waals surface area contributed by atoms with Crippen molar-refractivity contribution in [3.8, 4) is 6.07 Å². The van der Waals surface area contributed by atoms with Gasteiger partial charge in [0.25, 0.3) is 0 Å². The molecule has 78 valence electrons. The van der Waals surface area contributed by atoms with Crippen LogP contribution < -0.4 is 0 Å². The van der Waals surface area contributed by atoms with Gasteiger partial charge in [0.2, 0.25) is 0 Å². The standard InChI is InChI=1S/C11H10ClNO2/c1-7-9(6-13)4-3-8(11(7)12)5-10(14)15-2/h3-4H,5H2,1-2H3. The zero-order chi connectivity index (χ0) is 11.4. The Hall–Kier alpha value is -1.53. The van der Waals surface area contributed by atoms with Crippen molar-refractivity contribution in [2.75, 3.05) is 7.11 Å². The fourth-order valence-electron chi connectivity index (χ4n) is 1.23. The highest BCUT2D eigenvalue weighted by molar-refractivity contribution is 6.32. The number of benzene rings is 1. The first kappa shape index (κ1) is 11.5. The number of carbonyl (C=O) groups excluding carboxylic acids is 1. The molecule has 0 aliphatic heterocycles. The Morgan fingerprint density at radius 2 is 2.27 bits per heavy atom. The Bertz CT molecular complexity index is 435. The summed E-state index contributed by atoms with van der Waals surface area (Å²) in [6.07, 6.45) is 0.127. The molecule has 1 aromatic carbocycles. The van der Waals surface area contributed by atoms with Crippen molar-refractivity contribution < 1.29 is 9.53 Å². The molecule has 0 unspecified atom stereocenters. The van der Waals surface area contributed by atoms with Crippen molar-refractivity contribution in [1.82, 2.24) is 0 Å². The van der Waals surface area contributed by atoms with E-state index in [4.69, 9.17) is 16.9 Å². The van der Waals surface area contributed by atoms with Gasteiger partial charge in [0.05, 0.1) is 25.2 Å². The molecular weight excluding hydrogens is 214 g/mol. The van der Waals surface area contributed by atoms with Crippen molar-refractivity contribution in [3.05, 3.63) is 33.8 Å². The van der Waals surface area contributed by atoms with Gasteiger partial charge in [-0.1, -0.05) is 17.7 Å². The van der Waals surface area contributed by atoms with Crippen LogP contribution in [-0.4, -0.2) is 13.1 Å². The molecule has 0 fully saturated rings. The lowest BCUT2D eigenvalue weighted by Crippen LogP contribution is -2.05. The number of hydrogen-bond acceptors (Lipinski definition) is 3. The number of carbonyl (C=O) groups is 1. The average molecular weight is 224 g/mol. The number of nitriles is 1. The molecule has 0 bridgehead atoms. The third-order valence-corrected chi connectivity index (χ3v) is 2.68. The third kappa shape index (κ3) is 2.48. The summed E-state index contributed by atoms with van der Waals surface area (Å²) >= 11 is 6.02. The van der Waals surface area contributed by atoms with Gasteiger partial charge in [-0.15, -0.1) is 0 Å². The van der Waals surface area contributed by atoms with Gasteiger partial charge < -0.3 is 4.74 Å². The normalized spacial score (nSPS) is 9.47. The molecule has 0 saturated carbocycles. The van der Waals surface area contributed by atoms with Crippen LogP contribution in [0.4, 0.5) is 0 Å². The number of esters is 1. The second-order valence-electron chi connectivity index (χ2n) is 3.08. The monoisotopic (exact) mass is 223 g/mol. The van der Waals surface area contributed by atoms with E-state index in [1.54, 1.807) is 19.1 Å². The van der Waals surface area contributed by atoms with Gasteiger partial charge in [0, 0.05) is 5.02 Å². The molecule has 3 nitrogen and oxygen atoms in total. The SMILES string of the molecule is COC(=O)Cc1ccc(C#N)c(C)c1Cl. The van der Waals surface area contributed by atoms with Gasteiger partial charge in [0.15, 0.2) is 0 Å². The molecule has 0 aromatic heterocycles. The van der Waals surface area contributed by atoms with Crippen molar-refractivity contribution in [3.63, 3.8) is 0 Å². The fraction of sp³-hybridized carbons (Fsp3) is 0.273. The van der Waals surface area contributed by atoms with Crippen LogP contribution in [0.2, 0.25) is 5.02 Å². The Morgan fingerprint density at radius 3 is 2.80 bits per heavy atom. The minimum absolute atomic E-state index is 0.127. The lowest BCUT2D eigenvalue weighted by atomic mass is 10.0. The van der Waals surface area contributed by atoms with E-state index in [1.807, 2.05) is 6.07 Å². The maximum atomic E-state index is 11.1. The molecule has 0 radical (unpaired) electrons. The number of halogens is 1. The van der Waals surface area contributed by atoms with E-state index < -0.39 is 0 Å². The third-order valence-electron chi connectivity index (χ3n) is 2.15. The zero-order valence-electron chi connectivity index (χ0n) is 8.50. The van der Waals surface area contributed by atoms with Crippen molar-refractivity contribution >= 4 is 17.6 Å². The highest BCUT2D eigenvalue weighted by Crippen LogP contribution is 2.24. The summed E-state index contributed by atoms with van der Waals surface area (Å²) in [5.74, 6) is -0.346. The molecule has 15 heavy (non-hydrogen) atoms. The van der Waals surface area contributed by atoms with Crippen molar-refractivity contribution in [2.24, 2.45) is 0 Å². The van der Waals surface area contributed by atoms with E-state index >= 15 is 0 Å². The summed E-state index contributed by atoms with van der Waals surface area (Å²) in [4.78, 5) is 11.1. The van der Waals surface area contributed by atoms with E-state index in [9.17, 15) is 4.79 Å². The van der Waals surface area contributed by atoms with Crippen LogP contribution in [0, 0.1) is 18.3 Å². The van der Waals surface area contributed by atoms with E-state index in [0.717, 1.165) is 0 Å². The fourth-order valence-corrected chi connectivity index (χ4v) is 1.46. The van der Waals surface area contributed by atoms with Gasteiger partial charge in [-0.2, -0.15) is 5.26 Å². The zero-order valence-corrected chi connectivity index (χ0v) is 9.26. The molecule has 0 heterocycles. The van der Waals surface area contributed by atoms with Gasteiger partial charge in [-0.3, -0.25) is 4.79 Å². The number of ether oxygens (including phenoxy) is 1. The van der Waals surface area contributed by atoms with Gasteiger partial charge in [-0.25, -0.2) is 0 Å². The molecule has 0 atom stereocenters. The largest absolute Gasteiger partial charge is 0.469 e. The number of hydrogen-bond donors (Lipinski definition) is 0. The second kappa shape index (κ2) is 4.81. The summed E-state index contributed by atoms with van der Waals surface area (Å²) < 4.78 is 4.54. The predicted molar refractivity (Wildman–Crippen MR) is 56.6 cm³/mol. The molecule has 0 saturated heterocycles. The van der Waals surface area contributed by atoms with Crippen LogP contribution in [0.5, 0.6) is 0 Å². The van der Waals surface area contributed by atoms with Crippen molar-refractivity contribution in [2.45, 2.75) is 13.3 Å². The Morgan fingerprint density at radius 1 is 1.60 bits per heavy atom. The molecule has 0 amide bonds. The Labute approximate surface area is 93.2 Å². The molecule has 1 rings (SSSR count). The Kier molecular flexibility index (Phi) is 3.70. The highest BCUT2D eigenvalue weighted by Gasteiger charge is 2.11.